The number of carbonyl (C=O) groups is 1. The molecule has 9 heteroatoms. The standard InChI is InChI=1S/C23H25N7O2/c1-23(2,3)32-22(31)28-18-7-19(21-15(8-24)10-26-30(21)13-18)14-4-5-20(25-9-14)29-11-16-6-17(12-29)27-16/h4-5,7,9-10,13,16-17,27H,6,11-12H2,1-3H3,(H,28,31). The molecule has 164 valence electrons. The third kappa shape index (κ3) is 3.85. The largest absolute Gasteiger partial charge is 0.444 e. The van der Waals surface area contributed by atoms with Crippen molar-refractivity contribution in [2.24, 2.45) is 0 Å². The van der Waals surface area contributed by atoms with Crippen LogP contribution in [0.5, 0.6) is 0 Å². The fourth-order valence-corrected chi connectivity index (χ4v) is 4.35. The van der Waals surface area contributed by atoms with E-state index in [2.05, 4.69) is 26.7 Å². The maximum absolute atomic E-state index is 12.3. The topological polar surface area (TPSA) is 108 Å². The number of hydrogen-bond acceptors (Lipinski definition) is 7. The first-order valence-electron chi connectivity index (χ1n) is 10.7. The molecule has 1 amide bonds. The van der Waals surface area contributed by atoms with Crippen molar-refractivity contribution in [1.29, 1.82) is 5.26 Å². The number of fused-ring (bicyclic) bond motifs is 3. The second-order valence-corrected chi connectivity index (χ2v) is 9.34. The van der Waals surface area contributed by atoms with Gasteiger partial charge in [0.05, 0.1) is 29.2 Å². The van der Waals surface area contributed by atoms with Gasteiger partial charge in [0.1, 0.15) is 17.5 Å². The summed E-state index contributed by atoms with van der Waals surface area (Å²) in [5.41, 5.74) is 2.62. The van der Waals surface area contributed by atoms with Gasteiger partial charge in [-0.1, -0.05) is 0 Å². The summed E-state index contributed by atoms with van der Waals surface area (Å²) in [5, 5.41) is 20.1. The van der Waals surface area contributed by atoms with E-state index >= 15 is 0 Å². The van der Waals surface area contributed by atoms with Crippen LogP contribution in [0.1, 0.15) is 32.8 Å². The van der Waals surface area contributed by atoms with Gasteiger partial charge in [0.15, 0.2) is 0 Å². The van der Waals surface area contributed by atoms with E-state index in [0.717, 1.165) is 30.0 Å². The number of piperazine rings is 1. The van der Waals surface area contributed by atoms with Crippen molar-refractivity contribution in [2.75, 3.05) is 23.3 Å². The minimum absolute atomic E-state index is 0.454. The fourth-order valence-electron chi connectivity index (χ4n) is 4.35. The van der Waals surface area contributed by atoms with Gasteiger partial charge in [-0.2, -0.15) is 10.4 Å². The normalized spacial score (nSPS) is 19.9. The highest BCUT2D eigenvalue weighted by atomic mass is 16.6. The lowest BCUT2D eigenvalue weighted by Gasteiger charge is -2.48. The Morgan fingerprint density at radius 3 is 2.66 bits per heavy atom. The third-order valence-electron chi connectivity index (χ3n) is 5.68. The number of carbonyl (C=O) groups excluding carboxylic acids is 1. The van der Waals surface area contributed by atoms with Crippen LogP contribution in [-0.2, 0) is 4.74 Å². The number of nitrogens with one attached hydrogen (secondary N) is 2. The van der Waals surface area contributed by atoms with Gasteiger partial charge >= 0.3 is 6.09 Å². The summed E-state index contributed by atoms with van der Waals surface area (Å²) in [6.45, 7) is 7.35. The van der Waals surface area contributed by atoms with E-state index in [1.54, 1.807) is 10.7 Å². The van der Waals surface area contributed by atoms with Gasteiger partial charge in [0, 0.05) is 42.5 Å². The zero-order chi connectivity index (χ0) is 22.5. The van der Waals surface area contributed by atoms with Crippen LogP contribution in [-0.4, -0.2) is 51.5 Å². The SMILES string of the molecule is CC(C)(C)OC(=O)Nc1cc(-c2ccc(N3CC4CC(C3)N4)nc2)c2c(C#N)cnn2c1. The average molecular weight is 432 g/mol. The maximum atomic E-state index is 12.3. The number of amides is 1. The van der Waals surface area contributed by atoms with Gasteiger partial charge in [0.2, 0.25) is 0 Å². The number of ether oxygens (including phenoxy) is 1. The van der Waals surface area contributed by atoms with E-state index in [4.69, 9.17) is 9.72 Å². The van der Waals surface area contributed by atoms with Crippen molar-refractivity contribution in [3.05, 3.63) is 42.4 Å². The molecule has 3 fully saturated rings. The average Bonchev–Trinajstić information content (AvgIpc) is 3.14. The number of rotatable bonds is 3. The molecule has 2 atom stereocenters. The predicted molar refractivity (Wildman–Crippen MR) is 121 cm³/mol. The minimum Gasteiger partial charge on any atom is -0.444 e. The molecular weight excluding hydrogens is 406 g/mol. The van der Waals surface area contributed by atoms with Gasteiger partial charge in [-0.3, -0.25) is 5.32 Å². The smallest absolute Gasteiger partial charge is 0.412 e. The monoisotopic (exact) mass is 431 g/mol. The Kier molecular flexibility index (Phi) is 4.75. The van der Waals surface area contributed by atoms with Crippen LogP contribution in [0, 0.1) is 11.3 Å². The minimum atomic E-state index is -0.610. The molecule has 32 heavy (non-hydrogen) atoms. The molecule has 3 saturated heterocycles. The zero-order valence-electron chi connectivity index (χ0n) is 18.3. The van der Waals surface area contributed by atoms with Crippen LogP contribution in [0.25, 0.3) is 16.6 Å². The summed E-state index contributed by atoms with van der Waals surface area (Å²) in [5.74, 6) is 0.943. The number of nitrogens with zero attached hydrogens (tertiary/aromatic N) is 5. The Balaban J connectivity index is 1.48. The van der Waals surface area contributed by atoms with Crippen LogP contribution in [0.15, 0.2) is 36.8 Å². The number of piperidine rings is 1. The lowest BCUT2D eigenvalue weighted by Crippen LogP contribution is -2.67. The van der Waals surface area contributed by atoms with Gasteiger partial charge in [0.25, 0.3) is 0 Å². The van der Waals surface area contributed by atoms with Crippen molar-refractivity contribution in [3.63, 3.8) is 0 Å². The number of aromatic nitrogens is 3. The highest BCUT2D eigenvalue weighted by molar-refractivity contribution is 5.90. The van der Waals surface area contributed by atoms with E-state index in [9.17, 15) is 10.1 Å². The van der Waals surface area contributed by atoms with Crippen LogP contribution >= 0.6 is 0 Å². The van der Waals surface area contributed by atoms with Crippen LogP contribution in [0.3, 0.4) is 0 Å². The summed E-state index contributed by atoms with van der Waals surface area (Å²) in [4.78, 5) is 19.3. The number of anilines is 2. The molecule has 0 saturated carbocycles. The van der Waals surface area contributed by atoms with Crippen LogP contribution in [0.2, 0.25) is 0 Å². The highest BCUT2D eigenvalue weighted by Crippen LogP contribution is 2.31. The molecule has 6 rings (SSSR count). The molecule has 2 bridgehead atoms. The molecule has 0 aromatic carbocycles. The quantitative estimate of drug-likeness (QED) is 0.656. The molecule has 3 aliphatic rings. The van der Waals surface area contributed by atoms with E-state index in [0.29, 0.717) is 28.9 Å². The Hall–Kier alpha value is -3.64. The number of hydrogen-bond donors (Lipinski definition) is 2. The molecule has 9 nitrogen and oxygen atoms in total. The summed E-state index contributed by atoms with van der Waals surface area (Å²) >= 11 is 0. The molecule has 6 heterocycles. The first-order valence-corrected chi connectivity index (χ1v) is 10.7. The molecule has 0 radical (unpaired) electrons. The molecule has 3 aromatic heterocycles. The molecule has 0 aliphatic carbocycles. The Labute approximate surface area is 186 Å². The molecule has 3 aromatic rings. The molecule has 3 aliphatic heterocycles. The molecule has 0 spiro atoms. The maximum Gasteiger partial charge on any atom is 0.412 e. The molecular formula is C23H25N7O2. The lowest BCUT2D eigenvalue weighted by molar-refractivity contribution is 0.0636. The number of nitriles is 1. The lowest BCUT2D eigenvalue weighted by atomic mass is 9.91. The van der Waals surface area contributed by atoms with Crippen molar-refractivity contribution in [1.82, 2.24) is 19.9 Å². The van der Waals surface area contributed by atoms with E-state index < -0.39 is 11.7 Å². The summed E-state index contributed by atoms with van der Waals surface area (Å²) < 4.78 is 6.96. The Bertz CT molecular complexity index is 1200. The van der Waals surface area contributed by atoms with Crippen LogP contribution < -0.4 is 15.5 Å². The Morgan fingerprint density at radius 2 is 2.03 bits per heavy atom. The van der Waals surface area contributed by atoms with Crippen molar-refractivity contribution in [3.8, 4) is 17.2 Å². The fraction of sp³-hybridized carbons (Fsp3) is 0.391. The molecule has 2 N–H and O–H groups in total. The Morgan fingerprint density at radius 1 is 1.28 bits per heavy atom. The van der Waals surface area contributed by atoms with E-state index in [1.807, 2.05) is 45.2 Å². The highest BCUT2D eigenvalue weighted by Gasteiger charge is 2.36. The summed E-state index contributed by atoms with van der Waals surface area (Å²) in [6, 6.07) is 9.12. The third-order valence-corrected chi connectivity index (χ3v) is 5.68. The summed E-state index contributed by atoms with van der Waals surface area (Å²) in [7, 11) is 0. The van der Waals surface area contributed by atoms with Gasteiger partial charge < -0.3 is 15.0 Å². The second kappa shape index (κ2) is 7.50. The van der Waals surface area contributed by atoms with E-state index in [-0.39, 0.29) is 0 Å². The van der Waals surface area contributed by atoms with E-state index in [1.165, 1.54) is 12.6 Å². The van der Waals surface area contributed by atoms with Crippen molar-refractivity contribution >= 4 is 23.1 Å². The number of pyridine rings is 2. The van der Waals surface area contributed by atoms with Crippen molar-refractivity contribution in [2.45, 2.75) is 44.9 Å². The zero-order valence-corrected chi connectivity index (χ0v) is 18.3. The molecule has 2 unspecified atom stereocenters. The van der Waals surface area contributed by atoms with Crippen LogP contribution in [0.4, 0.5) is 16.3 Å². The van der Waals surface area contributed by atoms with Gasteiger partial charge in [-0.05, 0) is 45.4 Å². The van der Waals surface area contributed by atoms with Crippen molar-refractivity contribution < 1.29 is 9.53 Å². The van der Waals surface area contributed by atoms with Gasteiger partial charge in [-0.25, -0.2) is 14.3 Å². The predicted octanol–water partition coefficient (Wildman–Crippen LogP) is 3.17. The van der Waals surface area contributed by atoms with Gasteiger partial charge in [-0.15, -0.1) is 0 Å². The first kappa shape index (κ1) is 20.3. The second-order valence-electron chi connectivity index (χ2n) is 9.34. The summed E-state index contributed by atoms with van der Waals surface area (Å²) in [6.07, 6.45) is 5.68. The first-order chi connectivity index (χ1) is 15.3.